The van der Waals surface area contributed by atoms with Gasteiger partial charge in [-0.05, 0) is 71.9 Å². The van der Waals surface area contributed by atoms with Crippen LogP contribution in [0, 0.1) is 5.92 Å². The summed E-state index contributed by atoms with van der Waals surface area (Å²) < 4.78 is 0. The predicted octanol–water partition coefficient (Wildman–Crippen LogP) is 1.03. The van der Waals surface area contributed by atoms with E-state index in [1.54, 1.807) is 0 Å². The Balaban J connectivity index is 2.04. The molecule has 3 heteroatoms. The fraction of sp³-hybridized carbons (Fsp3) is 1.00. The van der Waals surface area contributed by atoms with Gasteiger partial charge in [0.25, 0.3) is 0 Å². The average molecular weight is 214 g/mol. The number of hydrogen-bond acceptors (Lipinski definition) is 3. The van der Waals surface area contributed by atoms with Gasteiger partial charge in [0.2, 0.25) is 0 Å². The molecular weight excluding hydrogens is 188 g/mol. The first kappa shape index (κ1) is 12.9. The summed E-state index contributed by atoms with van der Waals surface area (Å²) in [5.74, 6) is 0.778. The lowest BCUT2D eigenvalue weighted by Crippen LogP contribution is -2.35. The van der Waals surface area contributed by atoms with E-state index in [4.69, 9.17) is 5.11 Å². The van der Waals surface area contributed by atoms with Crippen LogP contribution in [0.25, 0.3) is 0 Å². The molecule has 0 aromatic heterocycles. The van der Waals surface area contributed by atoms with Crippen molar-refractivity contribution in [2.45, 2.75) is 25.7 Å². The highest BCUT2D eigenvalue weighted by molar-refractivity contribution is 4.72. The normalized spacial score (nSPS) is 20.0. The van der Waals surface area contributed by atoms with E-state index < -0.39 is 0 Å². The first-order valence-corrected chi connectivity index (χ1v) is 6.20. The Kier molecular flexibility index (Phi) is 6.22. The fourth-order valence-electron chi connectivity index (χ4n) is 2.29. The molecule has 0 atom stereocenters. The van der Waals surface area contributed by atoms with E-state index in [0.29, 0.717) is 6.61 Å². The van der Waals surface area contributed by atoms with E-state index in [1.165, 1.54) is 45.4 Å². The number of nitrogens with zero attached hydrogens (tertiary/aromatic N) is 2. The molecule has 1 aliphatic heterocycles. The summed E-state index contributed by atoms with van der Waals surface area (Å²) in [6, 6.07) is 0. The molecule has 0 aromatic rings. The second kappa shape index (κ2) is 7.20. The highest BCUT2D eigenvalue weighted by Crippen LogP contribution is 2.19. The molecule has 1 N–H and O–H groups in total. The van der Waals surface area contributed by atoms with Gasteiger partial charge in [-0.15, -0.1) is 0 Å². The van der Waals surface area contributed by atoms with Gasteiger partial charge in [0.15, 0.2) is 0 Å². The van der Waals surface area contributed by atoms with Gasteiger partial charge in [-0.25, -0.2) is 0 Å². The molecule has 0 radical (unpaired) electrons. The molecule has 1 saturated heterocycles. The summed E-state index contributed by atoms with van der Waals surface area (Å²) in [4.78, 5) is 4.82. The highest BCUT2D eigenvalue weighted by atomic mass is 16.3. The molecule has 15 heavy (non-hydrogen) atoms. The van der Waals surface area contributed by atoms with Gasteiger partial charge in [-0.2, -0.15) is 0 Å². The zero-order valence-electron chi connectivity index (χ0n) is 10.3. The Bertz CT molecular complexity index is 154. The Hall–Kier alpha value is -0.120. The minimum absolute atomic E-state index is 0.366. The zero-order valence-corrected chi connectivity index (χ0v) is 10.3. The minimum atomic E-state index is 0.366. The molecule has 0 aliphatic carbocycles. The van der Waals surface area contributed by atoms with Gasteiger partial charge in [-0.3, -0.25) is 0 Å². The molecule has 0 aromatic carbocycles. The fourth-order valence-corrected chi connectivity index (χ4v) is 2.29. The highest BCUT2D eigenvalue weighted by Gasteiger charge is 2.17. The van der Waals surface area contributed by atoms with E-state index in [-0.39, 0.29) is 0 Å². The molecule has 0 bridgehead atoms. The SMILES string of the molecule is CN(C)CCCN1CCC(CCO)CC1. The lowest BCUT2D eigenvalue weighted by atomic mass is 9.94. The van der Waals surface area contributed by atoms with Crippen molar-refractivity contribution < 1.29 is 5.11 Å². The van der Waals surface area contributed by atoms with Crippen LogP contribution in [0.1, 0.15) is 25.7 Å². The summed E-state index contributed by atoms with van der Waals surface area (Å²) in [7, 11) is 4.26. The van der Waals surface area contributed by atoms with Crippen molar-refractivity contribution in [2.24, 2.45) is 5.92 Å². The topological polar surface area (TPSA) is 26.7 Å². The Morgan fingerprint density at radius 3 is 2.47 bits per heavy atom. The van der Waals surface area contributed by atoms with Crippen molar-refractivity contribution in [3.8, 4) is 0 Å². The number of rotatable bonds is 6. The van der Waals surface area contributed by atoms with Crippen LogP contribution in [0.5, 0.6) is 0 Å². The maximum atomic E-state index is 8.87. The zero-order chi connectivity index (χ0) is 11.1. The third-order valence-electron chi connectivity index (χ3n) is 3.32. The summed E-state index contributed by atoms with van der Waals surface area (Å²) in [5, 5.41) is 8.87. The molecule has 1 aliphatic rings. The quantitative estimate of drug-likeness (QED) is 0.715. The van der Waals surface area contributed by atoms with E-state index >= 15 is 0 Å². The Morgan fingerprint density at radius 1 is 1.27 bits per heavy atom. The lowest BCUT2D eigenvalue weighted by molar-refractivity contribution is 0.154. The lowest BCUT2D eigenvalue weighted by Gasteiger charge is -2.31. The van der Waals surface area contributed by atoms with Crippen molar-refractivity contribution in [3.63, 3.8) is 0 Å². The Labute approximate surface area is 94.1 Å². The van der Waals surface area contributed by atoms with E-state index in [1.807, 2.05) is 0 Å². The molecule has 1 fully saturated rings. The Morgan fingerprint density at radius 2 is 1.93 bits per heavy atom. The molecular formula is C12H26N2O. The van der Waals surface area contributed by atoms with Crippen LogP contribution in [-0.4, -0.2) is 61.8 Å². The van der Waals surface area contributed by atoms with E-state index in [0.717, 1.165) is 12.3 Å². The predicted molar refractivity (Wildman–Crippen MR) is 64.0 cm³/mol. The van der Waals surface area contributed by atoms with Crippen LogP contribution in [0.2, 0.25) is 0 Å². The largest absolute Gasteiger partial charge is 0.396 e. The van der Waals surface area contributed by atoms with E-state index in [2.05, 4.69) is 23.9 Å². The first-order valence-electron chi connectivity index (χ1n) is 6.20. The smallest absolute Gasteiger partial charge is 0.0433 e. The summed E-state index contributed by atoms with van der Waals surface area (Å²) >= 11 is 0. The van der Waals surface area contributed by atoms with E-state index in [9.17, 15) is 0 Å². The summed E-state index contributed by atoms with van der Waals surface area (Å²) in [5.41, 5.74) is 0. The van der Waals surface area contributed by atoms with Crippen molar-refractivity contribution in [1.29, 1.82) is 0 Å². The maximum Gasteiger partial charge on any atom is 0.0433 e. The molecule has 0 saturated carbocycles. The van der Waals surface area contributed by atoms with Crippen LogP contribution in [-0.2, 0) is 0 Å². The number of likely N-dealkylation sites (tertiary alicyclic amines) is 1. The van der Waals surface area contributed by atoms with Crippen molar-refractivity contribution in [3.05, 3.63) is 0 Å². The molecule has 0 unspecified atom stereocenters. The summed E-state index contributed by atoms with van der Waals surface area (Å²) in [6.07, 6.45) is 4.84. The van der Waals surface area contributed by atoms with Gasteiger partial charge >= 0.3 is 0 Å². The minimum Gasteiger partial charge on any atom is -0.396 e. The van der Waals surface area contributed by atoms with Gasteiger partial charge in [-0.1, -0.05) is 0 Å². The van der Waals surface area contributed by atoms with Gasteiger partial charge in [0.05, 0.1) is 0 Å². The number of aliphatic hydroxyl groups is 1. The third kappa shape index (κ3) is 5.50. The monoisotopic (exact) mass is 214 g/mol. The number of hydrogen-bond donors (Lipinski definition) is 1. The van der Waals surface area contributed by atoms with Gasteiger partial charge in [0.1, 0.15) is 0 Å². The first-order chi connectivity index (χ1) is 7.22. The second-order valence-corrected chi connectivity index (χ2v) is 4.95. The summed E-state index contributed by atoms with van der Waals surface area (Å²) in [6.45, 7) is 5.27. The van der Waals surface area contributed by atoms with Crippen molar-refractivity contribution >= 4 is 0 Å². The molecule has 1 rings (SSSR count). The molecule has 0 amide bonds. The third-order valence-corrected chi connectivity index (χ3v) is 3.32. The maximum absolute atomic E-state index is 8.87. The van der Waals surface area contributed by atoms with Crippen LogP contribution < -0.4 is 0 Å². The van der Waals surface area contributed by atoms with Crippen LogP contribution in [0.15, 0.2) is 0 Å². The van der Waals surface area contributed by atoms with Crippen LogP contribution in [0.4, 0.5) is 0 Å². The number of piperidine rings is 1. The molecule has 1 heterocycles. The van der Waals surface area contributed by atoms with Crippen molar-refractivity contribution in [1.82, 2.24) is 9.80 Å². The standard InChI is InChI=1S/C12H26N2O/c1-13(2)7-3-8-14-9-4-12(5-10-14)6-11-15/h12,15H,3-11H2,1-2H3. The van der Waals surface area contributed by atoms with Gasteiger partial charge in [0, 0.05) is 6.61 Å². The van der Waals surface area contributed by atoms with Crippen LogP contribution >= 0.6 is 0 Å². The molecule has 90 valence electrons. The second-order valence-electron chi connectivity index (χ2n) is 4.95. The van der Waals surface area contributed by atoms with Gasteiger partial charge < -0.3 is 14.9 Å². The molecule has 3 nitrogen and oxygen atoms in total. The van der Waals surface area contributed by atoms with Crippen LogP contribution in [0.3, 0.4) is 0 Å². The molecule has 0 spiro atoms. The number of aliphatic hydroxyl groups excluding tert-OH is 1. The van der Waals surface area contributed by atoms with Crippen molar-refractivity contribution in [2.75, 3.05) is 46.9 Å². The average Bonchev–Trinajstić information content (AvgIpc) is 2.20.